The zero-order valence-electron chi connectivity index (χ0n) is 10.1. The molecule has 0 spiro atoms. The lowest BCUT2D eigenvalue weighted by molar-refractivity contribution is -0.141. The molecule has 1 aliphatic rings. The molecule has 0 aromatic heterocycles. The van der Waals surface area contributed by atoms with Crippen LogP contribution in [0.3, 0.4) is 0 Å². The average molecular weight is 267 g/mol. The van der Waals surface area contributed by atoms with Gasteiger partial charge in [0.1, 0.15) is 0 Å². The number of amides is 2. The first-order chi connectivity index (χ1) is 8.56. The summed E-state index contributed by atoms with van der Waals surface area (Å²) in [5, 5.41) is 3.54. The molecule has 1 fully saturated rings. The molecule has 0 atom stereocenters. The van der Waals surface area contributed by atoms with Crippen molar-refractivity contribution in [2.75, 3.05) is 13.1 Å². The molecule has 5 heteroatoms. The van der Waals surface area contributed by atoms with E-state index in [9.17, 15) is 9.59 Å². The standard InChI is InChI=1S/C13H15ClN2O2/c1-9(17)16-7-11(8-16)13(18)15-6-10-2-4-12(14)5-3-10/h2-5,11H,6-8H2,1H3,(H,15,18). The smallest absolute Gasteiger partial charge is 0.226 e. The molecule has 0 bridgehead atoms. The van der Waals surface area contributed by atoms with Gasteiger partial charge in [-0.2, -0.15) is 0 Å². The Balaban J connectivity index is 1.76. The number of benzene rings is 1. The van der Waals surface area contributed by atoms with Gasteiger partial charge in [0.25, 0.3) is 0 Å². The SMILES string of the molecule is CC(=O)N1CC(C(=O)NCc2ccc(Cl)cc2)C1. The van der Waals surface area contributed by atoms with E-state index in [2.05, 4.69) is 5.32 Å². The lowest BCUT2D eigenvalue weighted by Crippen LogP contribution is -2.55. The summed E-state index contributed by atoms with van der Waals surface area (Å²) in [7, 11) is 0. The van der Waals surface area contributed by atoms with Gasteiger partial charge in [-0.15, -0.1) is 0 Å². The fraction of sp³-hybridized carbons (Fsp3) is 0.385. The quantitative estimate of drug-likeness (QED) is 0.900. The summed E-state index contributed by atoms with van der Waals surface area (Å²) >= 11 is 5.78. The largest absolute Gasteiger partial charge is 0.352 e. The van der Waals surface area contributed by atoms with Crippen LogP contribution in [0, 0.1) is 5.92 Å². The first-order valence-corrected chi connectivity index (χ1v) is 6.21. The summed E-state index contributed by atoms with van der Waals surface area (Å²) in [6.07, 6.45) is 0. The van der Waals surface area contributed by atoms with Crippen LogP contribution in [-0.2, 0) is 16.1 Å². The van der Waals surface area contributed by atoms with Gasteiger partial charge in [0.2, 0.25) is 11.8 Å². The molecular formula is C13H15ClN2O2. The van der Waals surface area contributed by atoms with Crippen molar-refractivity contribution in [2.24, 2.45) is 5.92 Å². The number of nitrogens with zero attached hydrogens (tertiary/aromatic N) is 1. The molecule has 0 aliphatic carbocycles. The van der Waals surface area contributed by atoms with Crippen LogP contribution in [0.5, 0.6) is 0 Å². The second-order valence-corrected chi connectivity index (χ2v) is 4.90. The van der Waals surface area contributed by atoms with Crippen LogP contribution in [-0.4, -0.2) is 29.8 Å². The van der Waals surface area contributed by atoms with Gasteiger partial charge in [0, 0.05) is 31.6 Å². The fourth-order valence-electron chi connectivity index (χ4n) is 1.84. The number of carbonyl (C=O) groups excluding carboxylic acids is 2. The van der Waals surface area contributed by atoms with Crippen molar-refractivity contribution < 1.29 is 9.59 Å². The molecule has 0 unspecified atom stereocenters. The highest BCUT2D eigenvalue weighted by atomic mass is 35.5. The first-order valence-electron chi connectivity index (χ1n) is 5.84. The molecule has 1 heterocycles. The molecule has 1 N–H and O–H groups in total. The third-order valence-corrected chi connectivity index (χ3v) is 3.33. The van der Waals surface area contributed by atoms with E-state index in [4.69, 9.17) is 11.6 Å². The number of hydrogen-bond acceptors (Lipinski definition) is 2. The molecule has 1 saturated heterocycles. The van der Waals surface area contributed by atoms with Crippen LogP contribution < -0.4 is 5.32 Å². The fourth-order valence-corrected chi connectivity index (χ4v) is 1.96. The average Bonchev–Trinajstić information content (AvgIpc) is 2.25. The van der Waals surface area contributed by atoms with Gasteiger partial charge < -0.3 is 10.2 Å². The molecule has 2 amide bonds. The van der Waals surface area contributed by atoms with Gasteiger partial charge in [0.05, 0.1) is 5.92 Å². The molecule has 1 aliphatic heterocycles. The van der Waals surface area contributed by atoms with E-state index in [0.717, 1.165) is 5.56 Å². The molecule has 4 nitrogen and oxygen atoms in total. The molecule has 2 rings (SSSR count). The van der Waals surface area contributed by atoms with E-state index < -0.39 is 0 Å². The Kier molecular flexibility index (Phi) is 3.87. The highest BCUT2D eigenvalue weighted by Crippen LogP contribution is 2.16. The second kappa shape index (κ2) is 5.40. The number of rotatable bonds is 3. The van der Waals surface area contributed by atoms with Crippen LogP contribution in [0.2, 0.25) is 5.02 Å². The molecule has 18 heavy (non-hydrogen) atoms. The maximum absolute atomic E-state index is 11.8. The third kappa shape index (κ3) is 3.01. The highest BCUT2D eigenvalue weighted by molar-refractivity contribution is 6.30. The molecule has 96 valence electrons. The summed E-state index contributed by atoms with van der Waals surface area (Å²) in [5.74, 6) is -0.0413. The highest BCUT2D eigenvalue weighted by Gasteiger charge is 2.33. The lowest BCUT2D eigenvalue weighted by Gasteiger charge is -2.37. The normalized spacial score (nSPS) is 15.1. The topological polar surface area (TPSA) is 49.4 Å². The van der Waals surface area contributed by atoms with E-state index in [1.165, 1.54) is 6.92 Å². The number of nitrogens with one attached hydrogen (secondary N) is 1. The summed E-state index contributed by atoms with van der Waals surface area (Å²) < 4.78 is 0. The van der Waals surface area contributed by atoms with E-state index in [-0.39, 0.29) is 17.7 Å². The van der Waals surface area contributed by atoms with Gasteiger partial charge in [0.15, 0.2) is 0 Å². The van der Waals surface area contributed by atoms with Gasteiger partial charge in [-0.3, -0.25) is 9.59 Å². The Labute approximate surface area is 111 Å². The zero-order valence-corrected chi connectivity index (χ0v) is 10.9. The van der Waals surface area contributed by atoms with Crippen molar-refractivity contribution in [2.45, 2.75) is 13.5 Å². The number of likely N-dealkylation sites (tertiary alicyclic amines) is 1. The van der Waals surface area contributed by atoms with Crippen molar-refractivity contribution in [3.8, 4) is 0 Å². The van der Waals surface area contributed by atoms with Crippen molar-refractivity contribution in [3.05, 3.63) is 34.9 Å². The van der Waals surface area contributed by atoms with Gasteiger partial charge in [-0.1, -0.05) is 23.7 Å². The Morgan fingerprint density at radius 3 is 2.50 bits per heavy atom. The minimum atomic E-state index is -0.0683. The molecule has 1 aromatic carbocycles. The third-order valence-electron chi connectivity index (χ3n) is 3.08. The van der Waals surface area contributed by atoms with E-state index >= 15 is 0 Å². The van der Waals surface area contributed by atoms with Crippen LogP contribution >= 0.6 is 11.6 Å². The molecular weight excluding hydrogens is 252 g/mol. The zero-order chi connectivity index (χ0) is 13.1. The van der Waals surface area contributed by atoms with Crippen molar-refractivity contribution in [1.82, 2.24) is 10.2 Å². The maximum Gasteiger partial charge on any atom is 0.226 e. The van der Waals surface area contributed by atoms with E-state index in [1.54, 1.807) is 17.0 Å². The van der Waals surface area contributed by atoms with Crippen LogP contribution in [0.25, 0.3) is 0 Å². The second-order valence-electron chi connectivity index (χ2n) is 4.47. The number of carbonyl (C=O) groups is 2. The minimum absolute atomic E-state index is 0.00227. The summed E-state index contributed by atoms with van der Waals surface area (Å²) in [4.78, 5) is 24.4. The van der Waals surface area contributed by atoms with Crippen LogP contribution in [0.15, 0.2) is 24.3 Å². The predicted molar refractivity (Wildman–Crippen MR) is 69.0 cm³/mol. The Morgan fingerprint density at radius 2 is 1.94 bits per heavy atom. The van der Waals surface area contributed by atoms with Crippen LogP contribution in [0.1, 0.15) is 12.5 Å². The molecule has 1 aromatic rings. The van der Waals surface area contributed by atoms with Crippen molar-refractivity contribution in [1.29, 1.82) is 0 Å². The van der Waals surface area contributed by atoms with Crippen molar-refractivity contribution in [3.63, 3.8) is 0 Å². The van der Waals surface area contributed by atoms with Gasteiger partial charge in [-0.05, 0) is 17.7 Å². The number of hydrogen-bond donors (Lipinski definition) is 1. The maximum atomic E-state index is 11.8. The van der Waals surface area contributed by atoms with E-state index in [0.29, 0.717) is 24.7 Å². The number of halogens is 1. The van der Waals surface area contributed by atoms with Gasteiger partial charge >= 0.3 is 0 Å². The first kappa shape index (κ1) is 12.9. The van der Waals surface area contributed by atoms with Crippen LogP contribution in [0.4, 0.5) is 0 Å². The van der Waals surface area contributed by atoms with Crippen molar-refractivity contribution >= 4 is 23.4 Å². The molecule has 0 saturated carbocycles. The summed E-state index contributed by atoms with van der Waals surface area (Å²) in [5.41, 5.74) is 1.01. The van der Waals surface area contributed by atoms with Gasteiger partial charge in [-0.25, -0.2) is 0 Å². The minimum Gasteiger partial charge on any atom is -0.352 e. The summed E-state index contributed by atoms with van der Waals surface area (Å²) in [6.45, 7) is 3.07. The Bertz CT molecular complexity index is 453. The Morgan fingerprint density at radius 1 is 1.33 bits per heavy atom. The predicted octanol–water partition coefficient (Wildman–Crippen LogP) is 1.43. The Hall–Kier alpha value is -1.55. The summed E-state index contributed by atoms with van der Waals surface area (Å²) in [6, 6.07) is 7.35. The molecule has 0 radical (unpaired) electrons. The monoisotopic (exact) mass is 266 g/mol. The lowest BCUT2D eigenvalue weighted by atomic mass is 9.99. The van der Waals surface area contributed by atoms with E-state index in [1.807, 2.05) is 12.1 Å².